The fourth-order valence-electron chi connectivity index (χ4n) is 4.36. The molecule has 1 heterocycles. The number of carbonyl (C=O) groups is 1. The average Bonchev–Trinajstić information content (AvgIpc) is 2.85. The van der Waals surface area contributed by atoms with E-state index in [1.165, 1.54) is 5.56 Å². The number of benzene rings is 3. The van der Waals surface area contributed by atoms with Crippen LogP contribution in [-0.2, 0) is 0 Å². The molecule has 3 atom stereocenters. The highest BCUT2D eigenvalue weighted by molar-refractivity contribution is 6.03. The molecule has 0 saturated carbocycles. The first-order valence-corrected chi connectivity index (χ1v) is 10.9. The zero-order chi connectivity index (χ0) is 22.5. The Labute approximate surface area is 189 Å². The highest BCUT2D eigenvalue weighted by Crippen LogP contribution is 2.32. The molecule has 4 rings (SSSR count). The van der Waals surface area contributed by atoms with Crippen LogP contribution in [0.3, 0.4) is 0 Å². The van der Waals surface area contributed by atoms with Crippen LogP contribution in [0.4, 0.5) is 5.69 Å². The number of ether oxygens (including phenoxy) is 1. The minimum Gasteiger partial charge on any atom is -0.490 e. The van der Waals surface area contributed by atoms with Crippen LogP contribution in [-0.4, -0.2) is 35.9 Å². The van der Waals surface area contributed by atoms with Gasteiger partial charge in [0.2, 0.25) is 0 Å². The van der Waals surface area contributed by atoms with Crippen molar-refractivity contribution in [3.8, 4) is 11.8 Å². The number of hydrogen-bond acceptors (Lipinski definition) is 5. The lowest BCUT2D eigenvalue weighted by Crippen LogP contribution is -2.50. The monoisotopic (exact) mass is 425 g/mol. The van der Waals surface area contributed by atoms with E-state index in [2.05, 4.69) is 23.1 Å². The number of carbonyl (C=O) groups excluding carboxylic acids is 1. The summed E-state index contributed by atoms with van der Waals surface area (Å²) in [6.07, 6.45) is 0.771. The number of likely N-dealkylation sites (tertiary alicyclic amines) is 1. The van der Waals surface area contributed by atoms with Crippen LogP contribution in [0.1, 0.15) is 40.7 Å². The third-order valence-electron chi connectivity index (χ3n) is 6.23. The molecule has 0 amide bonds. The van der Waals surface area contributed by atoms with Gasteiger partial charge in [0.05, 0.1) is 17.7 Å². The van der Waals surface area contributed by atoms with E-state index in [0.29, 0.717) is 23.4 Å². The lowest BCUT2D eigenvalue weighted by atomic mass is 9.86. The maximum Gasteiger partial charge on any atom is 0.181 e. The molecule has 0 bridgehead atoms. The molecule has 1 saturated heterocycles. The van der Waals surface area contributed by atoms with Crippen LogP contribution >= 0.6 is 0 Å². The van der Waals surface area contributed by atoms with Gasteiger partial charge in [-0.25, -0.2) is 0 Å². The van der Waals surface area contributed by atoms with E-state index in [4.69, 9.17) is 15.7 Å². The highest BCUT2D eigenvalue weighted by Gasteiger charge is 2.36. The van der Waals surface area contributed by atoms with Gasteiger partial charge in [-0.2, -0.15) is 5.26 Å². The predicted molar refractivity (Wildman–Crippen MR) is 126 cm³/mol. The van der Waals surface area contributed by atoms with E-state index < -0.39 is 0 Å². The van der Waals surface area contributed by atoms with E-state index in [1.54, 1.807) is 24.3 Å². The first kappa shape index (κ1) is 21.6. The summed E-state index contributed by atoms with van der Waals surface area (Å²) >= 11 is 0. The summed E-state index contributed by atoms with van der Waals surface area (Å²) in [4.78, 5) is 15.4. The Kier molecular flexibility index (Phi) is 6.53. The van der Waals surface area contributed by atoms with Crippen molar-refractivity contribution in [3.05, 3.63) is 95.6 Å². The minimum atomic E-state index is -0.276. The van der Waals surface area contributed by atoms with E-state index in [1.807, 2.05) is 49.4 Å². The molecule has 2 N–H and O–H groups in total. The summed E-state index contributed by atoms with van der Waals surface area (Å²) in [7, 11) is 0. The topological polar surface area (TPSA) is 79.3 Å². The highest BCUT2D eigenvalue weighted by atomic mass is 16.5. The molecule has 5 nitrogen and oxygen atoms in total. The molecular formula is C27H27N3O2. The Bertz CT molecular complexity index is 1110. The predicted octanol–water partition coefficient (Wildman–Crippen LogP) is 4.65. The van der Waals surface area contributed by atoms with Crippen molar-refractivity contribution in [1.29, 1.82) is 5.26 Å². The minimum absolute atomic E-state index is 0.0225. The SMILES string of the molecule is CC(C(=O)c1ccccc1N)N1CC[C@H](Oc2ccc(C#N)cc2)[C@H](c2ccccc2)C1. The summed E-state index contributed by atoms with van der Waals surface area (Å²) < 4.78 is 6.37. The van der Waals surface area contributed by atoms with Crippen molar-refractivity contribution < 1.29 is 9.53 Å². The largest absolute Gasteiger partial charge is 0.490 e. The Morgan fingerprint density at radius 1 is 1.06 bits per heavy atom. The Hall–Kier alpha value is -3.62. The third kappa shape index (κ3) is 4.66. The second kappa shape index (κ2) is 9.67. The molecule has 162 valence electrons. The fourth-order valence-corrected chi connectivity index (χ4v) is 4.36. The summed E-state index contributed by atoms with van der Waals surface area (Å²) in [5, 5.41) is 9.03. The first-order chi connectivity index (χ1) is 15.6. The second-order valence-corrected chi connectivity index (χ2v) is 8.22. The molecule has 32 heavy (non-hydrogen) atoms. The van der Waals surface area contributed by atoms with Gasteiger partial charge in [-0.05, 0) is 55.3 Å². The van der Waals surface area contributed by atoms with Crippen molar-refractivity contribution >= 4 is 11.5 Å². The molecule has 5 heteroatoms. The van der Waals surface area contributed by atoms with Crippen molar-refractivity contribution in [2.75, 3.05) is 18.8 Å². The number of para-hydroxylation sites is 1. The average molecular weight is 426 g/mol. The van der Waals surface area contributed by atoms with Gasteiger partial charge in [0.1, 0.15) is 11.9 Å². The molecule has 1 aliphatic rings. The fraction of sp³-hybridized carbons (Fsp3) is 0.259. The smallest absolute Gasteiger partial charge is 0.181 e. The number of nitrogens with two attached hydrogens (primary N) is 1. The standard InChI is InChI=1S/C27H27N3O2/c1-19(27(31)23-9-5-6-10-25(23)29)30-16-15-26(24(18-30)21-7-3-2-4-8-21)32-22-13-11-20(17-28)12-14-22/h2-14,19,24,26H,15-16,18,29H2,1H3/t19?,24-,26-/m0/s1. The van der Waals surface area contributed by atoms with Gasteiger partial charge >= 0.3 is 0 Å². The molecule has 1 fully saturated rings. The van der Waals surface area contributed by atoms with Gasteiger partial charge in [0.15, 0.2) is 5.78 Å². The van der Waals surface area contributed by atoms with Crippen LogP contribution in [0.25, 0.3) is 0 Å². The number of nitrogen functional groups attached to an aromatic ring is 1. The second-order valence-electron chi connectivity index (χ2n) is 8.22. The zero-order valence-corrected chi connectivity index (χ0v) is 18.1. The van der Waals surface area contributed by atoms with Crippen molar-refractivity contribution in [3.63, 3.8) is 0 Å². The normalized spacial score (nSPS) is 19.6. The maximum absolute atomic E-state index is 13.2. The van der Waals surface area contributed by atoms with Gasteiger partial charge in [-0.15, -0.1) is 0 Å². The Morgan fingerprint density at radius 2 is 1.75 bits per heavy atom. The van der Waals surface area contributed by atoms with Crippen LogP contribution in [0.5, 0.6) is 5.75 Å². The Balaban J connectivity index is 1.54. The van der Waals surface area contributed by atoms with Crippen LogP contribution < -0.4 is 10.5 Å². The van der Waals surface area contributed by atoms with Gasteiger partial charge in [0, 0.05) is 30.3 Å². The third-order valence-corrected chi connectivity index (χ3v) is 6.23. The number of ketones is 1. The van der Waals surface area contributed by atoms with Crippen molar-refractivity contribution in [1.82, 2.24) is 4.90 Å². The number of nitrogens with zero attached hydrogens (tertiary/aromatic N) is 2. The first-order valence-electron chi connectivity index (χ1n) is 10.9. The Morgan fingerprint density at radius 3 is 2.44 bits per heavy atom. The molecule has 0 aliphatic carbocycles. The van der Waals surface area contributed by atoms with E-state index in [-0.39, 0.29) is 23.8 Å². The van der Waals surface area contributed by atoms with Crippen molar-refractivity contribution in [2.24, 2.45) is 0 Å². The van der Waals surface area contributed by atoms with Gasteiger partial charge in [0.25, 0.3) is 0 Å². The van der Waals surface area contributed by atoms with Gasteiger partial charge < -0.3 is 10.5 Å². The molecule has 3 aromatic rings. The summed E-state index contributed by atoms with van der Waals surface area (Å²) in [6, 6.07) is 26.6. The summed E-state index contributed by atoms with van der Waals surface area (Å²) in [5.74, 6) is 0.912. The van der Waals surface area contributed by atoms with Crippen molar-refractivity contribution in [2.45, 2.75) is 31.4 Å². The number of nitriles is 1. The van der Waals surface area contributed by atoms with Crippen LogP contribution in [0.2, 0.25) is 0 Å². The van der Waals surface area contributed by atoms with Gasteiger partial charge in [-0.1, -0.05) is 42.5 Å². The van der Waals surface area contributed by atoms with Crippen LogP contribution in [0.15, 0.2) is 78.9 Å². The molecular weight excluding hydrogens is 398 g/mol. The lowest BCUT2D eigenvalue weighted by molar-refractivity contribution is 0.0510. The number of Topliss-reactive ketones (excluding diaryl/α,β-unsaturated/α-hetero) is 1. The summed E-state index contributed by atoms with van der Waals surface area (Å²) in [5.41, 5.74) is 8.95. The van der Waals surface area contributed by atoms with E-state index in [0.717, 1.165) is 18.7 Å². The molecule has 1 unspecified atom stereocenters. The molecule has 0 radical (unpaired) electrons. The molecule has 3 aromatic carbocycles. The lowest BCUT2D eigenvalue weighted by Gasteiger charge is -2.41. The number of piperidine rings is 1. The maximum atomic E-state index is 13.2. The molecule has 1 aliphatic heterocycles. The molecule has 0 aromatic heterocycles. The molecule has 0 spiro atoms. The number of rotatable bonds is 6. The number of hydrogen-bond donors (Lipinski definition) is 1. The van der Waals surface area contributed by atoms with Crippen LogP contribution in [0, 0.1) is 11.3 Å². The summed E-state index contributed by atoms with van der Waals surface area (Å²) in [6.45, 7) is 3.42. The number of anilines is 1. The van der Waals surface area contributed by atoms with Gasteiger partial charge in [-0.3, -0.25) is 9.69 Å². The van der Waals surface area contributed by atoms with E-state index >= 15 is 0 Å². The quantitative estimate of drug-likeness (QED) is 0.459. The van der Waals surface area contributed by atoms with E-state index in [9.17, 15) is 4.79 Å². The zero-order valence-electron chi connectivity index (χ0n) is 18.1.